The fourth-order valence-corrected chi connectivity index (χ4v) is 2.98. The van der Waals surface area contributed by atoms with Crippen LogP contribution in [0.4, 0.5) is 4.39 Å². The summed E-state index contributed by atoms with van der Waals surface area (Å²) in [5, 5.41) is 0. The Morgan fingerprint density at radius 3 is 2.40 bits per heavy atom. The highest BCUT2D eigenvalue weighted by atomic mass is 32.2. The monoisotopic (exact) mass is 301 g/mol. The van der Waals surface area contributed by atoms with Crippen molar-refractivity contribution in [1.29, 1.82) is 0 Å². The molecule has 0 aliphatic carbocycles. The molecule has 1 heterocycles. The molecule has 0 aromatic heterocycles. The minimum atomic E-state index is -3.46. The molecule has 0 radical (unpaired) electrons. The predicted octanol–water partition coefficient (Wildman–Crippen LogP) is 1.02. The van der Waals surface area contributed by atoms with Crippen LogP contribution in [0.3, 0.4) is 0 Å². The zero-order valence-electron chi connectivity index (χ0n) is 11.5. The van der Waals surface area contributed by atoms with Crippen molar-refractivity contribution in [1.82, 2.24) is 14.3 Å². The first-order valence-corrected chi connectivity index (χ1v) is 8.18. The van der Waals surface area contributed by atoms with Gasteiger partial charge in [0, 0.05) is 19.6 Å². The lowest BCUT2D eigenvalue weighted by atomic mass is 10.1. The van der Waals surface area contributed by atoms with Crippen LogP contribution in [0, 0.1) is 5.82 Å². The molecule has 1 aliphatic rings. The van der Waals surface area contributed by atoms with Crippen LogP contribution in [0.2, 0.25) is 0 Å². The van der Waals surface area contributed by atoms with Gasteiger partial charge in [0.2, 0.25) is 0 Å². The summed E-state index contributed by atoms with van der Waals surface area (Å²) >= 11 is 0. The second kappa shape index (κ2) is 6.62. The first kappa shape index (κ1) is 15.4. The molecule has 1 aromatic rings. The summed E-state index contributed by atoms with van der Waals surface area (Å²) < 4.78 is 40.8. The summed E-state index contributed by atoms with van der Waals surface area (Å²) in [7, 11) is -2.09. The van der Waals surface area contributed by atoms with E-state index in [0.29, 0.717) is 0 Å². The van der Waals surface area contributed by atoms with Crippen molar-refractivity contribution in [2.75, 3.05) is 26.7 Å². The van der Waals surface area contributed by atoms with Crippen molar-refractivity contribution < 1.29 is 12.8 Å². The van der Waals surface area contributed by atoms with Gasteiger partial charge in [-0.3, -0.25) is 4.90 Å². The maximum atomic E-state index is 13.0. The highest BCUT2D eigenvalue weighted by Gasteiger charge is 2.24. The lowest BCUT2D eigenvalue weighted by Crippen LogP contribution is -2.40. The van der Waals surface area contributed by atoms with E-state index in [1.807, 2.05) is 0 Å². The van der Waals surface area contributed by atoms with Gasteiger partial charge in [0.05, 0.1) is 0 Å². The van der Waals surface area contributed by atoms with Crippen molar-refractivity contribution in [2.24, 2.45) is 0 Å². The molecule has 1 aliphatic heterocycles. The summed E-state index contributed by atoms with van der Waals surface area (Å²) in [6.07, 6.45) is 2.22. The van der Waals surface area contributed by atoms with Crippen molar-refractivity contribution in [3.63, 3.8) is 0 Å². The van der Waals surface area contributed by atoms with E-state index in [9.17, 15) is 12.8 Å². The minimum Gasteiger partial charge on any atom is -0.295 e. The zero-order chi connectivity index (χ0) is 14.6. The molecule has 0 spiro atoms. The summed E-state index contributed by atoms with van der Waals surface area (Å²) in [6, 6.07) is 6.18. The lowest BCUT2D eigenvalue weighted by Gasteiger charge is -2.28. The predicted molar refractivity (Wildman–Crippen MR) is 75.9 cm³/mol. The van der Waals surface area contributed by atoms with E-state index in [1.54, 1.807) is 12.1 Å². The Labute approximate surface area is 119 Å². The maximum Gasteiger partial charge on any atom is 0.276 e. The number of nitrogens with zero attached hydrogens (tertiary/aromatic N) is 1. The molecule has 7 heteroatoms. The number of halogens is 1. The maximum absolute atomic E-state index is 13.0. The largest absolute Gasteiger partial charge is 0.295 e. The number of likely N-dealkylation sites (tertiary alicyclic amines) is 1. The van der Waals surface area contributed by atoms with Gasteiger partial charge in [0.1, 0.15) is 5.82 Å². The van der Waals surface area contributed by atoms with Crippen molar-refractivity contribution >= 4 is 10.2 Å². The minimum absolute atomic E-state index is 0.0683. The van der Waals surface area contributed by atoms with Crippen LogP contribution in [0.15, 0.2) is 24.3 Å². The smallest absolute Gasteiger partial charge is 0.276 e. The molecule has 2 N–H and O–H groups in total. The van der Waals surface area contributed by atoms with Crippen molar-refractivity contribution in [2.45, 2.75) is 18.9 Å². The van der Waals surface area contributed by atoms with E-state index in [2.05, 4.69) is 14.3 Å². The summed E-state index contributed by atoms with van der Waals surface area (Å²) in [6.45, 7) is 2.14. The SMILES string of the molecule is CNS(=O)(=O)NCC(c1ccc(F)cc1)N1CCCC1. The van der Waals surface area contributed by atoms with Crippen molar-refractivity contribution in [3.8, 4) is 0 Å². The van der Waals surface area contributed by atoms with E-state index in [4.69, 9.17) is 0 Å². The van der Waals surface area contributed by atoms with Gasteiger partial charge in [-0.2, -0.15) is 8.42 Å². The molecular formula is C13H20FN3O2S. The molecule has 2 rings (SSSR count). The fourth-order valence-electron chi connectivity index (χ4n) is 2.46. The van der Waals surface area contributed by atoms with E-state index in [1.165, 1.54) is 19.2 Å². The molecule has 1 fully saturated rings. The van der Waals surface area contributed by atoms with Crippen LogP contribution < -0.4 is 9.44 Å². The van der Waals surface area contributed by atoms with Gasteiger partial charge in [0.25, 0.3) is 10.2 Å². The van der Waals surface area contributed by atoms with Gasteiger partial charge < -0.3 is 0 Å². The molecule has 0 bridgehead atoms. The highest BCUT2D eigenvalue weighted by molar-refractivity contribution is 7.87. The van der Waals surface area contributed by atoms with Crippen LogP contribution in [0.25, 0.3) is 0 Å². The average molecular weight is 301 g/mol. The molecule has 1 saturated heterocycles. The van der Waals surface area contributed by atoms with Crippen LogP contribution in [0.5, 0.6) is 0 Å². The summed E-state index contributed by atoms with van der Waals surface area (Å²) in [4.78, 5) is 2.23. The van der Waals surface area contributed by atoms with Gasteiger partial charge in [0.15, 0.2) is 0 Å². The van der Waals surface area contributed by atoms with Crippen LogP contribution >= 0.6 is 0 Å². The molecule has 0 amide bonds. The summed E-state index contributed by atoms with van der Waals surface area (Å²) in [5.41, 5.74) is 0.923. The van der Waals surface area contributed by atoms with Gasteiger partial charge in [-0.05, 0) is 43.6 Å². The van der Waals surface area contributed by atoms with Crippen LogP contribution in [-0.4, -0.2) is 40.0 Å². The van der Waals surface area contributed by atoms with Gasteiger partial charge >= 0.3 is 0 Å². The second-order valence-corrected chi connectivity index (χ2v) is 6.57. The number of hydrogen-bond acceptors (Lipinski definition) is 3. The molecule has 1 aromatic carbocycles. The fraction of sp³-hybridized carbons (Fsp3) is 0.538. The third-order valence-electron chi connectivity index (χ3n) is 3.57. The second-order valence-electron chi connectivity index (χ2n) is 4.87. The third-order valence-corrected chi connectivity index (χ3v) is 4.66. The molecule has 0 saturated carbocycles. The lowest BCUT2D eigenvalue weighted by molar-refractivity contribution is 0.246. The Morgan fingerprint density at radius 1 is 1.25 bits per heavy atom. The molecule has 112 valence electrons. The standard InChI is InChI=1S/C13H20FN3O2S/c1-15-20(18,19)16-10-13(17-8-2-3-9-17)11-4-6-12(14)7-5-11/h4-7,13,15-16H,2-3,8-10H2,1H3. The number of hydrogen-bond donors (Lipinski definition) is 2. The van der Waals surface area contributed by atoms with Gasteiger partial charge in [-0.1, -0.05) is 12.1 Å². The molecule has 20 heavy (non-hydrogen) atoms. The molecular weight excluding hydrogens is 281 g/mol. The molecule has 5 nitrogen and oxygen atoms in total. The highest BCUT2D eigenvalue weighted by Crippen LogP contribution is 2.24. The topological polar surface area (TPSA) is 61.4 Å². The van der Waals surface area contributed by atoms with E-state index >= 15 is 0 Å². The normalized spacial score (nSPS) is 18.3. The number of rotatable bonds is 6. The Hall–Kier alpha value is -1.02. The van der Waals surface area contributed by atoms with Crippen molar-refractivity contribution in [3.05, 3.63) is 35.6 Å². The first-order chi connectivity index (χ1) is 9.52. The van der Waals surface area contributed by atoms with Crippen LogP contribution in [-0.2, 0) is 10.2 Å². The quantitative estimate of drug-likeness (QED) is 0.824. The average Bonchev–Trinajstić information content (AvgIpc) is 2.95. The van der Waals surface area contributed by atoms with Gasteiger partial charge in [-0.25, -0.2) is 13.8 Å². The van der Waals surface area contributed by atoms with E-state index in [-0.39, 0.29) is 18.4 Å². The van der Waals surface area contributed by atoms with E-state index in [0.717, 1.165) is 31.5 Å². The molecule has 1 unspecified atom stereocenters. The summed E-state index contributed by atoms with van der Waals surface area (Å²) in [5.74, 6) is -0.287. The Balaban J connectivity index is 2.14. The Bertz CT molecular complexity index is 527. The molecule has 1 atom stereocenters. The van der Waals surface area contributed by atoms with Gasteiger partial charge in [-0.15, -0.1) is 0 Å². The number of benzene rings is 1. The van der Waals surface area contributed by atoms with Crippen LogP contribution in [0.1, 0.15) is 24.4 Å². The third kappa shape index (κ3) is 3.99. The Morgan fingerprint density at radius 2 is 1.85 bits per heavy atom. The number of nitrogens with one attached hydrogen (secondary N) is 2. The van der Waals surface area contributed by atoms with E-state index < -0.39 is 10.2 Å². The zero-order valence-corrected chi connectivity index (χ0v) is 12.3. The first-order valence-electron chi connectivity index (χ1n) is 6.69. The Kier molecular flexibility index (Phi) is 5.09.